The molecular formula is C11H11F2NO5S. The Morgan fingerprint density at radius 1 is 1.35 bits per heavy atom. The van der Waals surface area contributed by atoms with Crippen LogP contribution in [0.15, 0.2) is 23.1 Å². The Labute approximate surface area is 113 Å². The van der Waals surface area contributed by atoms with Crippen LogP contribution >= 0.6 is 0 Å². The summed E-state index contributed by atoms with van der Waals surface area (Å²) in [6, 6.07) is 0.373. The number of hydrogen-bond donors (Lipinski definition) is 2. The first-order chi connectivity index (χ1) is 9.23. The molecule has 0 aromatic heterocycles. The van der Waals surface area contributed by atoms with Crippen LogP contribution in [0, 0.1) is 11.6 Å². The average Bonchev–Trinajstić information content (AvgIpc) is 2.75. The van der Waals surface area contributed by atoms with E-state index in [0.29, 0.717) is 16.4 Å². The predicted molar refractivity (Wildman–Crippen MR) is 62.3 cm³/mol. The van der Waals surface area contributed by atoms with Crippen molar-refractivity contribution in [3.05, 3.63) is 29.8 Å². The van der Waals surface area contributed by atoms with Crippen molar-refractivity contribution in [2.24, 2.45) is 0 Å². The summed E-state index contributed by atoms with van der Waals surface area (Å²) < 4.78 is 51.5. The van der Waals surface area contributed by atoms with Crippen molar-refractivity contribution in [1.82, 2.24) is 4.31 Å². The standard InChI is InChI=1S/C11H11F2NO5S/c12-6-1-2-8(13)10(3-6)20(18,19)14-5-7(15)4-9(14)11(16)17/h1-3,7,9,15H,4-5H2,(H,16,17)/t7-,9-/m1/s1. The zero-order chi connectivity index (χ0) is 15.1. The molecule has 6 nitrogen and oxygen atoms in total. The molecule has 2 atom stereocenters. The van der Waals surface area contributed by atoms with Gasteiger partial charge in [-0.25, -0.2) is 17.2 Å². The van der Waals surface area contributed by atoms with Crippen molar-refractivity contribution in [3.63, 3.8) is 0 Å². The Morgan fingerprint density at radius 2 is 2.00 bits per heavy atom. The number of sulfonamides is 1. The third-order valence-electron chi connectivity index (χ3n) is 3.00. The van der Waals surface area contributed by atoms with Gasteiger partial charge < -0.3 is 10.2 Å². The number of nitrogens with zero attached hydrogens (tertiary/aromatic N) is 1. The lowest BCUT2D eigenvalue weighted by molar-refractivity contribution is -0.140. The van der Waals surface area contributed by atoms with Crippen LogP contribution in [0.1, 0.15) is 6.42 Å². The molecule has 1 heterocycles. The molecule has 20 heavy (non-hydrogen) atoms. The van der Waals surface area contributed by atoms with Crippen molar-refractivity contribution < 1.29 is 32.2 Å². The van der Waals surface area contributed by atoms with E-state index in [0.717, 1.165) is 6.07 Å². The van der Waals surface area contributed by atoms with Gasteiger partial charge >= 0.3 is 5.97 Å². The van der Waals surface area contributed by atoms with Gasteiger partial charge in [-0.1, -0.05) is 0 Å². The van der Waals surface area contributed by atoms with Crippen molar-refractivity contribution >= 4 is 16.0 Å². The molecule has 0 saturated carbocycles. The van der Waals surface area contributed by atoms with E-state index in [4.69, 9.17) is 5.11 Å². The topological polar surface area (TPSA) is 94.9 Å². The minimum absolute atomic E-state index is 0.300. The van der Waals surface area contributed by atoms with E-state index in [1.54, 1.807) is 0 Å². The molecule has 0 radical (unpaired) electrons. The average molecular weight is 307 g/mol. The number of aliphatic hydroxyl groups excluding tert-OH is 1. The van der Waals surface area contributed by atoms with Crippen LogP contribution in [-0.4, -0.2) is 47.6 Å². The minimum atomic E-state index is -4.54. The van der Waals surface area contributed by atoms with Gasteiger partial charge in [0.2, 0.25) is 10.0 Å². The van der Waals surface area contributed by atoms with Gasteiger partial charge in [0.05, 0.1) is 6.10 Å². The molecule has 1 saturated heterocycles. The molecular weight excluding hydrogens is 296 g/mol. The van der Waals surface area contributed by atoms with Gasteiger partial charge in [0.25, 0.3) is 0 Å². The number of β-amino-alcohol motifs (C(OH)–C–C–N with tert-alkyl or cyclic N) is 1. The number of aliphatic carboxylic acids is 1. The highest BCUT2D eigenvalue weighted by Gasteiger charge is 2.44. The van der Waals surface area contributed by atoms with Crippen molar-refractivity contribution in [2.75, 3.05) is 6.54 Å². The van der Waals surface area contributed by atoms with Crippen LogP contribution in [0.25, 0.3) is 0 Å². The van der Waals surface area contributed by atoms with Gasteiger partial charge in [0.1, 0.15) is 22.6 Å². The van der Waals surface area contributed by atoms with Crippen molar-refractivity contribution in [3.8, 4) is 0 Å². The van der Waals surface area contributed by atoms with Crippen LogP contribution in [0.2, 0.25) is 0 Å². The minimum Gasteiger partial charge on any atom is -0.480 e. The largest absolute Gasteiger partial charge is 0.480 e. The van der Waals surface area contributed by atoms with Crippen molar-refractivity contribution in [1.29, 1.82) is 0 Å². The molecule has 0 bridgehead atoms. The monoisotopic (exact) mass is 307 g/mol. The molecule has 2 rings (SSSR count). The highest BCUT2D eigenvalue weighted by Crippen LogP contribution is 2.28. The molecule has 2 N–H and O–H groups in total. The second-order valence-electron chi connectivity index (χ2n) is 4.39. The summed E-state index contributed by atoms with van der Waals surface area (Å²) in [7, 11) is -4.54. The van der Waals surface area contributed by atoms with Crippen LogP contribution in [0.4, 0.5) is 8.78 Å². The number of rotatable bonds is 3. The van der Waals surface area contributed by atoms with E-state index in [2.05, 4.69) is 0 Å². The van der Waals surface area contributed by atoms with Gasteiger partial charge in [-0.15, -0.1) is 0 Å². The molecule has 9 heteroatoms. The van der Waals surface area contributed by atoms with Crippen LogP contribution in [0.3, 0.4) is 0 Å². The Balaban J connectivity index is 2.49. The molecule has 0 aliphatic carbocycles. The highest BCUT2D eigenvalue weighted by atomic mass is 32.2. The highest BCUT2D eigenvalue weighted by molar-refractivity contribution is 7.89. The smallest absolute Gasteiger partial charge is 0.322 e. The predicted octanol–water partition coefficient (Wildman–Crippen LogP) is 0.173. The first-order valence-corrected chi connectivity index (χ1v) is 7.05. The lowest BCUT2D eigenvalue weighted by atomic mass is 10.2. The van der Waals surface area contributed by atoms with Crippen molar-refractivity contribution in [2.45, 2.75) is 23.5 Å². The molecule has 110 valence electrons. The number of carboxylic acid groups (broad SMARTS) is 1. The quantitative estimate of drug-likeness (QED) is 0.830. The van der Waals surface area contributed by atoms with E-state index in [9.17, 15) is 27.1 Å². The van der Waals surface area contributed by atoms with Crippen LogP contribution in [-0.2, 0) is 14.8 Å². The molecule has 1 aliphatic rings. The lowest BCUT2D eigenvalue weighted by Gasteiger charge is -2.20. The summed E-state index contributed by atoms with van der Waals surface area (Å²) in [5.41, 5.74) is 0. The van der Waals surface area contributed by atoms with Gasteiger partial charge in [-0.05, 0) is 18.2 Å². The third-order valence-corrected chi connectivity index (χ3v) is 4.89. The Bertz CT molecular complexity index is 648. The fourth-order valence-electron chi connectivity index (χ4n) is 2.08. The summed E-state index contributed by atoms with van der Waals surface area (Å²) in [5.74, 6) is -3.60. The zero-order valence-electron chi connectivity index (χ0n) is 10.0. The van der Waals surface area contributed by atoms with Crippen LogP contribution in [0.5, 0.6) is 0 Å². The Hall–Kier alpha value is -1.58. The summed E-state index contributed by atoms with van der Waals surface area (Å²) in [6.07, 6.45) is -1.46. The first kappa shape index (κ1) is 14.8. The molecule has 1 aliphatic heterocycles. The van der Waals surface area contributed by atoms with E-state index in [1.165, 1.54) is 0 Å². The van der Waals surface area contributed by atoms with E-state index in [-0.39, 0.29) is 6.42 Å². The van der Waals surface area contributed by atoms with Gasteiger partial charge in [-0.3, -0.25) is 4.79 Å². The number of halogens is 2. The van der Waals surface area contributed by atoms with Crippen LogP contribution < -0.4 is 0 Å². The molecule has 0 unspecified atom stereocenters. The number of carbonyl (C=O) groups is 1. The first-order valence-electron chi connectivity index (χ1n) is 5.61. The van der Waals surface area contributed by atoms with Gasteiger partial charge in [0.15, 0.2) is 0 Å². The van der Waals surface area contributed by atoms with E-state index >= 15 is 0 Å². The zero-order valence-corrected chi connectivity index (χ0v) is 10.8. The lowest BCUT2D eigenvalue weighted by Crippen LogP contribution is -2.40. The number of carboxylic acids is 1. The Morgan fingerprint density at radius 3 is 2.60 bits per heavy atom. The maximum atomic E-state index is 13.6. The van der Waals surface area contributed by atoms with E-state index in [1.807, 2.05) is 0 Å². The normalized spacial score (nSPS) is 23.9. The molecule has 1 aromatic carbocycles. The Kier molecular flexibility index (Phi) is 3.76. The second kappa shape index (κ2) is 5.08. The fraction of sp³-hybridized carbons (Fsp3) is 0.364. The summed E-state index contributed by atoms with van der Waals surface area (Å²) >= 11 is 0. The van der Waals surface area contributed by atoms with E-state index < -0.39 is 51.2 Å². The fourth-order valence-corrected chi connectivity index (χ4v) is 3.78. The summed E-state index contributed by atoms with van der Waals surface area (Å²) in [6.45, 7) is -0.477. The maximum Gasteiger partial charge on any atom is 0.322 e. The molecule has 1 fully saturated rings. The number of hydrogen-bond acceptors (Lipinski definition) is 4. The maximum absolute atomic E-state index is 13.6. The number of benzene rings is 1. The van der Waals surface area contributed by atoms with Gasteiger partial charge in [-0.2, -0.15) is 4.31 Å². The molecule has 1 aromatic rings. The third kappa shape index (κ3) is 2.51. The van der Waals surface area contributed by atoms with Gasteiger partial charge in [0, 0.05) is 13.0 Å². The SMILES string of the molecule is O=C(O)[C@H]1C[C@@H](O)CN1S(=O)(=O)c1cc(F)ccc1F. The summed E-state index contributed by atoms with van der Waals surface area (Å²) in [4.78, 5) is 10.1. The molecule has 0 amide bonds. The second-order valence-corrected chi connectivity index (χ2v) is 6.25. The number of aliphatic hydroxyl groups is 1. The molecule has 0 spiro atoms. The summed E-state index contributed by atoms with van der Waals surface area (Å²) in [5, 5.41) is 18.4.